The van der Waals surface area contributed by atoms with Crippen LogP contribution in [0, 0.1) is 0 Å². The summed E-state index contributed by atoms with van der Waals surface area (Å²) in [5.74, 6) is 0.815. The highest BCUT2D eigenvalue weighted by molar-refractivity contribution is 5.29. The van der Waals surface area contributed by atoms with Crippen molar-refractivity contribution in [2.24, 2.45) is 0 Å². The van der Waals surface area contributed by atoms with Gasteiger partial charge in [-0.15, -0.1) is 0 Å². The second-order valence-corrected chi connectivity index (χ2v) is 3.96. The van der Waals surface area contributed by atoms with Crippen LogP contribution in [0.15, 0.2) is 12.4 Å². The van der Waals surface area contributed by atoms with Gasteiger partial charge in [0.25, 0.3) is 0 Å². The molecule has 0 aromatic carbocycles. The van der Waals surface area contributed by atoms with Crippen LogP contribution in [-0.4, -0.2) is 34.5 Å². The molecular weight excluding hydrogens is 200 g/mol. The van der Waals surface area contributed by atoms with Crippen LogP contribution in [-0.2, 0) is 6.54 Å². The lowest BCUT2D eigenvalue weighted by Gasteiger charge is -2.26. The maximum atomic E-state index is 4.39. The third-order valence-electron chi connectivity index (χ3n) is 2.95. The van der Waals surface area contributed by atoms with E-state index in [9.17, 15) is 0 Å². The van der Waals surface area contributed by atoms with Gasteiger partial charge in [-0.2, -0.15) is 0 Å². The smallest absolute Gasteiger partial charge is 0.144 e. The van der Waals surface area contributed by atoms with Crippen molar-refractivity contribution in [3.63, 3.8) is 0 Å². The quantitative estimate of drug-likeness (QED) is 0.800. The first-order chi connectivity index (χ1) is 7.71. The molecule has 1 aromatic rings. The second-order valence-electron chi connectivity index (χ2n) is 3.96. The average molecular weight is 222 g/mol. The van der Waals surface area contributed by atoms with E-state index in [-0.39, 0.29) is 0 Å². The molecule has 1 atom stereocenters. The molecule has 0 aliphatic carbocycles. The SMILES string of the molecule is CCC(C)N(CC)Cc1cnc(NC)cn1. The molecule has 90 valence electrons. The van der Waals surface area contributed by atoms with E-state index in [1.165, 1.54) is 0 Å². The van der Waals surface area contributed by atoms with Crippen LogP contribution in [0.25, 0.3) is 0 Å². The van der Waals surface area contributed by atoms with Crippen LogP contribution >= 0.6 is 0 Å². The van der Waals surface area contributed by atoms with Crippen LogP contribution in [0.1, 0.15) is 32.9 Å². The van der Waals surface area contributed by atoms with Crippen molar-refractivity contribution in [1.29, 1.82) is 0 Å². The van der Waals surface area contributed by atoms with Gasteiger partial charge in [-0.1, -0.05) is 13.8 Å². The minimum absolute atomic E-state index is 0.593. The van der Waals surface area contributed by atoms with Gasteiger partial charge < -0.3 is 5.32 Å². The molecule has 0 saturated carbocycles. The molecule has 1 N–H and O–H groups in total. The standard InChI is InChI=1S/C12H22N4/c1-5-10(3)16(6-2)9-11-7-15-12(13-4)8-14-11/h7-8,10H,5-6,9H2,1-4H3,(H,13,15). The predicted octanol–water partition coefficient (Wildman–Crippen LogP) is 2.14. The summed E-state index contributed by atoms with van der Waals surface area (Å²) in [5, 5.41) is 2.97. The van der Waals surface area contributed by atoms with Crippen LogP contribution in [0.5, 0.6) is 0 Å². The molecule has 4 heteroatoms. The number of nitrogens with zero attached hydrogens (tertiary/aromatic N) is 3. The summed E-state index contributed by atoms with van der Waals surface area (Å²) in [5.41, 5.74) is 1.03. The van der Waals surface area contributed by atoms with Gasteiger partial charge in [0.05, 0.1) is 18.1 Å². The third kappa shape index (κ3) is 3.45. The van der Waals surface area contributed by atoms with E-state index >= 15 is 0 Å². The monoisotopic (exact) mass is 222 g/mol. The Hall–Kier alpha value is -1.16. The first-order valence-electron chi connectivity index (χ1n) is 5.93. The lowest BCUT2D eigenvalue weighted by Crippen LogP contribution is -2.32. The summed E-state index contributed by atoms with van der Waals surface area (Å²) in [6, 6.07) is 0.593. The fraction of sp³-hybridized carbons (Fsp3) is 0.667. The van der Waals surface area contributed by atoms with E-state index in [0.717, 1.165) is 31.0 Å². The zero-order valence-electron chi connectivity index (χ0n) is 10.7. The third-order valence-corrected chi connectivity index (χ3v) is 2.95. The van der Waals surface area contributed by atoms with Crippen molar-refractivity contribution >= 4 is 5.82 Å². The highest BCUT2D eigenvalue weighted by atomic mass is 15.2. The van der Waals surface area contributed by atoms with Gasteiger partial charge in [0.15, 0.2) is 0 Å². The van der Waals surface area contributed by atoms with E-state index < -0.39 is 0 Å². The van der Waals surface area contributed by atoms with Crippen LogP contribution in [0.3, 0.4) is 0 Å². The summed E-state index contributed by atoms with van der Waals surface area (Å²) < 4.78 is 0. The molecule has 0 aliphatic rings. The van der Waals surface area contributed by atoms with Crippen molar-refractivity contribution in [3.05, 3.63) is 18.1 Å². The number of rotatable bonds is 6. The summed E-state index contributed by atoms with van der Waals surface area (Å²) in [6.07, 6.45) is 4.78. The lowest BCUT2D eigenvalue weighted by atomic mass is 10.2. The maximum absolute atomic E-state index is 4.39. The topological polar surface area (TPSA) is 41.1 Å². The second kappa shape index (κ2) is 6.43. The van der Waals surface area contributed by atoms with Crippen molar-refractivity contribution in [1.82, 2.24) is 14.9 Å². The fourth-order valence-corrected chi connectivity index (χ4v) is 1.61. The van der Waals surface area contributed by atoms with E-state index in [2.05, 4.69) is 41.0 Å². The Balaban J connectivity index is 2.63. The molecule has 1 rings (SSSR count). The van der Waals surface area contributed by atoms with Gasteiger partial charge in [-0.25, -0.2) is 4.98 Å². The predicted molar refractivity (Wildman–Crippen MR) is 67.4 cm³/mol. The molecular formula is C12H22N4. The number of anilines is 1. The zero-order valence-corrected chi connectivity index (χ0v) is 10.7. The molecule has 1 heterocycles. The number of aromatic nitrogens is 2. The van der Waals surface area contributed by atoms with Crippen molar-refractivity contribution in [2.75, 3.05) is 18.9 Å². The Labute approximate surface area is 98.1 Å². The normalized spacial score (nSPS) is 12.8. The highest BCUT2D eigenvalue weighted by Gasteiger charge is 2.11. The first-order valence-corrected chi connectivity index (χ1v) is 5.93. The summed E-state index contributed by atoms with van der Waals surface area (Å²) in [4.78, 5) is 11.1. The highest BCUT2D eigenvalue weighted by Crippen LogP contribution is 2.08. The summed E-state index contributed by atoms with van der Waals surface area (Å²) in [7, 11) is 1.85. The van der Waals surface area contributed by atoms with Crippen molar-refractivity contribution in [3.8, 4) is 0 Å². The van der Waals surface area contributed by atoms with E-state index in [1.807, 2.05) is 13.2 Å². The maximum Gasteiger partial charge on any atom is 0.144 e. The lowest BCUT2D eigenvalue weighted by molar-refractivity contribution is 0.203. The molecule has 0 bridgehead atoms. The molecule has 0 radical (unpaired) electrons. The molecule has 0 fully saturated rings. The van der Waals surface area contributed by atoms with Crippen molar-refractivity contribution < 1.29 is 0 Å². The Morgan fingerprint density at radius 1 is 1.31 bits per heavy atom. The summed E-state index contributed by atoms with van der Waals surface area (Å²) in [6.45, 7) is 8.57. The first kappa shape index (κ1) is 12.9. The molecule has 1 unspecified atom stereocenters. The van der Waals surface area contributed by atoms with Crippen LogP contribution < -0.4 is 5.32 Å². The molecule has 16 heavy (non-hydrogen) atoms. The largest absolute Gasteiger partial charge is 0.372 e. The number of hydrogen-bond acceptors (Lipinski definition) is 4. The van der Waals surface area contributed by atoms with Gasteiger partial charge >= 0.3 is 0 Å². The van der Waals surface area contributed by atoms with Crippen LogP contribution in [0.2, 0.25) is 0 Å². The van der Waals surface area contributed by atoms with E-state index in [1.54, 1.807) is 6.20 Å². The zero-order chi connectivity index (χ0) is 12.0. The molecule has 0 amide bonds. The van der Waals surface area contributed by atoms with Gasteiger partial charge in [0, 0.05) is 19.6 Å². The fourth-order valence-electron chi connectivity index (χ4n) is 1.61. The Morgan fingerprint density at radius 3 is 2.50 bits per heavy atom. The Kier molecular flexibility index (Phi) is 5.19. The van der Waals surface area contributed by atoms with E-state index in [4.69, 9.17) is 0 Å². The minimum atomic E-state index is 0.593. The Morgan fingerprint density at radius 2 is 2.06 bits per heavy atom. The van der Waals surface area contributed by atoms with E-state index in [0.29, 0.717) is 6.04 Å². The Bertz CT molecular complexity index is 296. The molecule has 0 saturated heterocycles. The van der Waals surface area contributed by atoms with Gasteiger partial charge in [0.1, 0.15) is 5.82 Å². The van der Waals surface area contributed by atoms with Gasteiger partial charge in [-0.3, -0.25) is 9.88 Å². The molecule has 4 nitrogen and oxygen atoms in total. The number of nitrogens with one attached hydrogen (secondary N) is 1. The molecule has 0 aliphatic heterocycles. The van der Waals surface area contributed by atoms with Gasteiger partial charge in [0.2, 0.25) is 0 Å². The van der Waals surface area contributed by atoms with Crippen molar-refractivity contribution in [2.45, 2.75) is 39.8 Å². The van der Waals surface area contributed by atoms with Crippen LogP contribution in [0.4, 0.5) is 5.82 Å². The molecule has 0 spiro atoms. The number of hydrogen-bond donors (Lipinski definition) is 1. The van der Waals surface area contributed by atoms with Gasteiger partial charge in [-0.05, 0) is 19.9 Å². The summed E-state index contributed by atoms with van der Waals surface area (Å²) >= 11 is 0. The average Bonchev–Trinajstić information content (AvgIpc) is 2.35. The molecule has 1 aromatic heterocycles. The minimum Gasteiger partial charge on any atom is -0.372 e.